The van der Waals surface area contributed by atoms with Crippen molar-refractivity contribution in [3.05, 3.63) is 107 Å². The van der Waals surface area contributed by atoms with E-state index in [-0.39, 0.29) is 17.8 Å². The molecule has 1 atom stereocenters. The lowest BCUT2D eigenvalue weighted by Gasteiger charge is -2.17. The number of nitrogens with one attached hydrogen (secondary N) is 1. The number of amides is 1. The van der Waals surface area contributed by atoms with Gasteiger partial charge in [-0.3, -0.25) is 9.36 Å². The quantitative estimate of drug-likeness (QED) is 0.315. The molecule has 0 aliphatic rings. The van der Waals surface area contributed by atoms with Gasteiger partial charge in [0, 0.05) is 17.0 Å². The minimum Gasteiger partial charge on any atom is -0.342 e. The molecule has 5 nitrogen and oxygen atoms in total. The molecule has 1 aromatic heterocycles. The maximum absolute atomic E-state index is 13.3. The molecule has 0 radical (unpaired) electrons. The van der Waals surface area contributed by atoms with Gasteiger partial charge in [-0.15, -0.1) is 10.2 Å². The van der Waals surface area contributed by atoms with Crippen LogP contribution in [-0.4, -0.2) is 20.7 Å². The van der Waals surface area contributed by atoms with Gasteiger partial charge in [-0.2, -0.15) is 0 Å². The van der Waals surface area contributed by atoms with Crippen LogP contribution >= 0.6 is 11.8 Å². The number of halogens is 1. The summed E-state index contributed by atoms with van der Waals surface area (Å²) in [6.07, 6.45) is 0.927. The van der Waals surface area contributed by atoms with Gasteiger partial charge in [0.05, 0.1) is 6.04 Å². The largest absolute Gasteiger partial charge is 0.342 e. The number of hydrogen-bond acceptors (Lipinski definition) is 4. The summed E-state index contributed by atoms with van der Waals surface area (Å²) in [4.78, 5) is 12.9. The molecule has 4 rings (SSSR count). The smallest absolute Gasteiger partial charge is 0.251 e. The molecule has 0 fully saturated rings. The van der Waals surface area contributed by atoms with Crippen molar-refractivity contribution in [2.24, 2.45) is 0 Å². The summed E-state index contributed by atoms with van der Waals surface area (Å²) < 4.78 is 15.2. The summed E-state index contributed by atoms with van der Waals surface area (Å²) in [5.74, 6) is 0.847. The zero-order valence-electron chi connectivity index (χ0n) is 19.5. The SMILES string of the molecule is CCc1ccc(C(=O)NC(C)c2nnc(SCc3ccc(F)cc3)n2-c2ccc(C)cc2)cc1. The molecule has 34 heavy (non-hydrogen) atoms. The second-order valence-electron chi connectivity index (χ2n) is 8.17. The van der Waals surface area contributed by atoms with Gasteiger partial charge < -0.3 is 5.32 Å². The second-order valence-corrected chi connectivity index (χ2v) is 9.11. The molecule has 4 aromatic rings. The number of carbonyl (C=O) groups is 1. The number of aromatic nitrogens is 3. The highest BCUT2D eigenvalue weighted by Crippen LogP contribution is 2.28. The normalized spacial score (nSPS) is 11.9. The summed E-state index contributed by atoms with van der Waals surface area (Å²) in [5.41, 5.74) is 4.85. The van der Waals surface area contributed by atoms with E-state index >= 15 is 0 Å². The van der Waals surface area contributed by atoms with Gasteiger partial charge in [0.25, 0.3) is 5.91 Å². The van der Waals surface area contributed by atoms with E-state index in [9.17, 15) is 9.18 Å². The van der Waals surface area contributed by atoms with Crippen LogP contribution in [-0.2, 0) is 12.2 Å². The zero-order valence-corrected chi connectivity index (χ0v) is 20.3. The highest BCUT2D eigenvalue weighted by atomic mass is 32.2. The number of thioether (sulfide) groups is 1. The standard InChI is InChI=1S/C27H27FN4OS/c1-4-20-7-11-22(12-8-20)26(33)29-19(3)25-30-31-27(32(25)24-15-5-18(2)6-16-24)34-17-21-9-13-23(28)14-10-21/h5-16,19H,4,17H2,1-3H3,(H,29,33). The Kier molecular flexibility index (Phi) is 7.43. The average Bonchev–Trinajstić information content (AvgIpc) is 3.28. The van der Waals surface area contributed by atoms with Crippen LogP contribution < -0.4 is 5.32 Å². The lowest BCUT2D eigenvalue weighted by Crippen LogP contribution is -2.28. The summed E-state index contributed by atoms with van der Waals surface area (Å²) in [6, 6.07) is 21.8. The van der Waals surface area contributed by atoms with Gasteiger partial charge in [0.15, 0.2) is 11.0 Å². The predicted molar refractivity (Wildman–Crippen MR) is 134 cm³/mol. The van der Waals surface area contributed by atoms with Crippen LogP contribution in [0, 0.1) is 12.7 Å². The number of hydrogen-bond donors (Lipinski definition) is 1. The van der Waals surface area contributed by atoms with Gasteiger partial charge in [-0.05, 0) is 67.8 Å². The Morgan fingerprint density at radius 3 is 2.26 bits per heavy atom. The third kappa shape index (κ3) is 5.54. The molecule has 1 unspecified atom stereocenters. The molecular formula is C27H27FN4OS. The van der Waals surface area contributed by atoms with Gasteiger partial charge in [0.2, 0.25) is 0 Å². The van der Waals surface area contributed by atoms with Gasteiger partial charge in [0.1, 0.15) is 5.82 Å². The number of nitrogens with zero attached hydrogens (tertiary/aromatic N) is 3. The molecule has 0 spiro atoms. The maximum atomic E-state index is 13.3. The zero-order chi connectivity index (χ0) is 24.1. The Balaban J connectivity index is 1.59. The molecule has 1 heterocycles. The molecule has 0 aliphatic heterocycles. The van der Waals surface area contributed by atoms with E-state index < -0.39 is 0 Å². The molecule has 3 aromatic carbocycles. The minimum atomic E-state index is -0.368. The number of rotatable bonds is 8. The third-order valence-corrected chi connectivity index (χ3v) is 6.59. The lowest BCUT2D eigenvalue weighted by atomic mass is 10.1. The summed E-state index contributed by atoms with van der Waals surface area (Å²) in [7, 11) is 0. The fourth-order valence-electron chi connectivity index (χ4n) is 3.56. The second kappa shape index (κ2) is 10.7. The monoisotopic (exact) mass is 474 g/mol. The fourth-order valence-corrected chi connectivity index (χ4v) is 4.47. The van der Waals surface area contributed by atoms with Crippen molar-refractivity contribution >= 4 is 17.7 Å². The Hall–Kier alpha value is -3.45. The van der Waals surface area contributed by atoms with Crippen LogP contribution in [0.2, 0.25) is 0 Å². The molecular weight excluding hydrogens is 447 g/mol. The van der Waals surface area contributed by atoms with Crippen LogP contribution in [0.5, 0.6) is 0 Å². The summed E-state index contributed by atoms with van der Waals surface area (Å²) in [5, 5.41) is 12.6. The van der Waals surface area contributed by atoms with Crippen molar-refractivity contribution in [1.29, 1.82) is 0 Å². The molecule has 0 saturated carbocycles. The van der Waals surface area contributed by atoms with Crippen molar-refractivity contribution in [2.45, 2.75) is 44.1 Å². The highest BCUT2D eigenvalue weighted by molar-refractivity contribution is 7.98. The Morgan fingerprint density at radius 1 is 0.971 bits per heavy atom. The molecule has 174 valence electrons. The van der Waals surface area contributed by atoms with Crippen LogP contribution in [0.15, 0.2) is 78.0 Å². The number of benzene rings is 3. The van der Waals surface area contributed by atoms with E-state index in [1.54, 1.807) is 12.1 Å². The first-order valence-corrected chi connectivity index (χ1v) is 12.2. The molecule has 1 amide bonds. The van der Waals surface area contributed by atoms with E-state index in [1.165, 1.54) is 29.5 Å². The Labute approximate surface area is 203 Å². The molecule has 0 bridgehead atoms. The van der Waals surface area contributed by atoms with Crippen LogP contribution in [0.1, 0.15) is 52.8 Å². The van der Waals surface area contributed by atoms with E-state index in [2.05, 4.69) is 22.4 Å². The fraction of sp³-hybridized carbons (Fsp3) is 0.222. The molecule has 7 heteroatoms. The van der Waals surface area contributed by atoms with Crippen LogP contribution in [0.25, 0.3) is 5.69 Å². The van der Waals surface area contributed by atoms with Gasteiger partial charge in [-0.1, -0.05) is 60.6 Å². The molecule has 0 saturated heterocycles. The highest BCUT2D eigenvalue weighted by Gasteiger charge is 2.21. The van der Waals surface area contributed by atoms with Crippen molar-refractivity contribution in [2.75, 3.05) is 0 Å². The van der Waals surface area contributed by atoms with Crippen molar-refractivity contribution in [3.63, 3.8) is 0 Å². The van der Waals surface area contributed by atoms with Gasteiger partial charge >= 0.3 is 0 Å². The van der Waals surface area contributed by atoms with Crippen molar-refractivity contribution in [3.8, 4) is 5.69 Å². The van der Waals surface area contributed by atoms with E-state index in [0.717, 1.165) is 23.2 Å². The third-order valence-electron chi connectivity index (χ3n) is 5.59. The van der Waals surface area contributed by atoms with Crippen LogP contribution in [0.4, 0.5) is 4.39 Å². The average molecular weight is 475 g/mol. The van der Waals surface area contributed by atoms with Crippen molar-refractivity contribution < 1.29 is 9.18 Å². The minimum absolute atomic E-state index is 0.158. The Morgan fingerprint density at radius 2 is 1.62 bits per heavy atom. The first kappa shape index (κ1) is 23.7. The first-order chi connectivity index (χ1) is 16.4. The van der Waals surface area contributed by atoms with Crippen LogP contribution in [0.3, 0.4) is 0 Å². The topological polar surface area (TPSA) is 59.8 Å². The summed E-state index contributed by atoms with van der Waals surface area (Å²) in [6.45, 7) is 6.02. The predicted octanol–water partition coefficient (Wildman–Crippen LogP) is 6.06. The number of aryl methyl sites for hydroxylation is 2. The summed E-state index contributed by atoms with van der Waals surface area (Å²) >= 11 is 1.52. The Bertz CT molecular complexity index is 1250. The van der Waals surface area contributed by atoms with E-state index in [4.69, 9.17) is 0 Å². The van der Waals surface area contributed by atoms with E-state index in [0.29, 0.717) is 22.3 Å². The molecule has 1 N–H and O–H groups in total. The lowest BCUT2D eigenvalue weighted by molar-refractivity contribution is 0.0938. The van der Waals surface area contributed by atoms with Crippen molar-refractivity contribution in [1.82, 2.24) is 20.1 Å². The maximum Gasteiger partial charge on any atom is 0.251 e. The van der Waals surface area contributed by atoms with Gasteiger partial charge in [-0.25, -0.2) is 4.39 Å². The number of carbonyl (C=O) groups excluding carboxylic acids is 1. The van der Waals surface area contributed by atoms with E-state index in [1.807, 2.05) is 66.9 Å². The first-order valence-electron chi connectivity index (χ1n) is 11.2. The molecule has 0 aliphatic carbocycles.